The van der Waals surface area contributed by atoms with Crippen molar-refractivity contribution in [2.45, 2.75) is 31.1 Å². The molecule has 0 aromatic heterocycles. The van der Waals surface area contributed by atoms with Gasteiger partial charge in [0.15, 0.2) is 0 Å². The van der Waals surface area contributed by atoms with Crippen molar-refractivity contribution in [3.05, 3.63) is 71.3 Å². The van der Waals surface area contributed by atoms with Crippen LogP contribution in [0, 0.1) is 11.3 Å². The Balaban J connectivity index is 1.83. The van der Waals surface area contributed by atoms with Gasteiger partial charge in [-0.25, -0.2) is 0 Å². The number of ketones is 1. The van der Waals surface area contributed by atoms with E-state index in [0.29, 0.717) is 23.7 Å². The minimum absolute atomic E-state index is 0.0308. The SMILES string of the molecule is N#Cc1ccc([C@H]2C[C@@H](c3ccccc3)CCC2=O)cc1. The van der Waals surface area contributed by atoms with Gasteiger partial charge < -0.3 is 0 Å². The highest BCUT2D eigenvalue weighted by atomic mass is 16.1. The molecule has 2 nitrogen and oxygen atoms in total. The smallest absolute Gasteiger partial charge is 0.140 e. The number of rotatable bonds is 2. The van der Waals surface area contributed by atoms with Crippen LogP contribution >= 0.6 is 0 Å². The van der Waals surface area contributed by atoms with Gasteiger partial charge in [-0.3, -0.25) is 4.79 Å². The second-order valence-electron chi connectivity index (χ2n) is 5.63. The van der Waals surface area contributed by atoms with Crippen LogP contribution in [-0.4, -0.2) is 5.78 Å². The van der Waals surface area contributed by atoms with E-state index >= 15 is 0 Å². The van der Waals surface area contributed by atoms with E-state index in [1.54, 1.807) is 12.1 Å². The number of hydrogen-bond donors (Lipinski definition) is 0. The van der Waals surface area contributed by atoms with Crippen molar-refractivity contribution in [2.75, 3.05) is 0 Å². The average molecular weight is 275 g/mol. The fourth-order valence-electron chi connectivity index (χ4n) is 3.16. The maximum Gasteiger partial charge on any atom is 0.140 e. The summed E-state index contributed by atoms with van der Waals surface area (Å²) in [5.74, 6) is 0.744. The van der Waals surface area contributed by atoms with Gasteiger partial charge in [0, 0.05) is 12.3 Å². The molecule has 0 aliphatic heterocycles. The second-order valence-corrected chi connectivity index (χ2v) is 5.63. The Labute approximate surface area is 125 Å². The standard InChI is InChI=1S/C19H17NO/c20-13-14-6-8-16(9-7-14)18-12-17(10-11-19(18)21)15-4-2-1-3-5-15/h1-9,17-18H,10-12H2/t17-,18+/m0/s1. The third-order valence-electron chi connectivity index (χ3n) is 4.36. The zero-order chi connectivity index (χ0) is 14.7. The molecule has 0 spiro atoms. The summed E-state index contributed by atoms with van der Waals surface area (Å²) < 4.78 is 0. The zero-order valence-electron chi connectivity index (χ0n) is 11.8. The lowest BCUT2D eigenvalue weighted by Crippen LogP contribution is -2.22. The minimum Gasteiger partial charge on any atom is -0.299 e. The third kappa shape index (κ3) is 2.87. The number of carbonyl (C=O) groups excluding carboxylic acids is 1. The summed E-state index contributed by atoms with van der Waals surface area (Å²) in [6.45, 7) is 0. The number of benzene rings is 2. The second kappa shape index (κ2) is 5.93. The molecule has 0 saturated heterocycles. The van der Waals surface area contributed by atoms with Gasteiger partial charge in [-0.1, -0.05) is 42.5 Å². The van der Waals surface area contributed by atoms with Crippen molar-refractivity contribution >= 4 is 5.78 Å². The van der Waals surface area contributed by atoms with Gasteiger partial charge in [-0.15, -0.1) is 0 Å². The van der Waals surface area contributed by atoms with Crippen LogP contribution < -0.4 is 0 Å². The normalized spacial score (nSPS) is 21.8. The van der Waals surface area contributed by atoms with Gasteiger partial charge in [0.1, 0.15) is 5.78 Å². The van der Waals surface area contributed by atoms with E-state index < -0.39 is 0 Å². The maximum absolute atomic E-state index is 12.3. The van der Waals surface area contributed by atoms with E-state index in [1.807, 2.05) is 18.2 Å². The Bertz CT molecular complexity index is 667. The fourth-order valence-corrected chi connectivity index (χ4v) is 3.16. The molecule has 1 saturated carbocycles. The highest BCUT2D eigenvalue weighted by molar-refractivity contribution is 5.86. The summed E-state index contributed by atoms with van der Waals surface area (Å²) in [6.07, 6.45) is 2.45. The van der Waals surface area contributed by atoms with Gasteiger partial charge in [0.05, 0.1) is 11.6 Å². The van der Waals surface area contributed by atoms with Crippen molar-refractivity contribution in [1.82, 2.24) is 0 Å². The highest BCUT2D eigenvalue weighted by Gasteiger charge is 2.30. The van der Waals surface area contributed by atoms with Crippen LogP contribution in [0.1, 0.15) is 47.8 Å². The van der Waals surface area contributed by atoms with Crippen LogP contribution in [0.15, 0.2) is 54.6 Å². The first-order valence-electron chi connectivity index (χ1n) is 7.35. The summed E-state index contributed by atoms with van der Waals surface area (Å²) in [5.41, 5.74) is 3.00. The largest absolute Gasteiger partial charge is 0.299 e. The molecular formula is C19H17NO. The molecular weight excluding hydrogens is 258 g/mol. The lowest BCUT2D eigenvalue weighted by Gasteiger charge is -2.28. The van der Waals surface area contributed by atoms with Crippen LogP contribution in [-0.2, 0) is 4.79 Å². The van der Waals surface area contributed by atoms with Crippen molar-refractivity contribution in [3.8, 4) is 6.07 Å². The maximum atomic E-state index is 12.3. The molecule has 1 aliphatic rings. The molecule has 1 aliphatic carbocycles. The van der Waals surface area contributed by atoms with Crippen LogP contribution in [0.4, 0.5) is 0 Å². The summed E-state index contributed by atoms with van der Waals surface area (Å²) in [6, 6.07) is 20.0. The molecule has 3 rings (SSSR count). The third-order valence-corrected chi connectivity index (χ3v) is 4.36. The topological polar surface area (TPSA) is 40.9 Å². The predicted octanol–water partition coefficient (Wildman–Crippen LogP) is 4.18. The molecule has 2 aromatic rings. The Morgan fingerprint density at radius 1 is 0.952 bits per heavy atom. The number of nitrogens with zero attached hydrogens (tertiary/aromatic N) is 1. The molecule has 21 heavy (non-hydrogen) atoms. The van der Waals surface area contributed by atoms with Gasteiger partial charge in [0.25, 0.3) is 0 Å². The van der Waals surface area contributed by atoms with Crippen LogP contribution in [0.5, 0.6) is 0 Å². The summed E-state index contributed by atoms with van der Waals surface area (Å²) in [7, 11) is 0. The van der Waals surface area contributed by atoms with Crippen molar-refractivity contribution in [3.63, 3.8) is 0 Å². The molecule has 0 N–H and O–H groups in total. The lowest BCUT2D eigenvalue weighted by atomic mass is 9.74. The Hall–Kier alpha value is -2.40. The van der Waals surface area contributed by atoms with E-state index in [9.17, 15) is 4.79 Å². The van der Waals surface area contributed by atoms with Crippen LogP contribution in [0.3, 0.4) is 0 Å². The molecule has 1 fully saturated rings. The van der Waals surface area contributed by atoms with E-state index in [4.69, 9.17) is 5.26 Å². The van der Waals surface area contributed by atoms with Gasteiger partial charge in [0.2, 0.25) is 0 Å². The zero-order valence-corrected chi connectivity index (χ0v) is 11.8. The summed E-state index contributed by atoms with van der Waals surface area (Å²) in [4.78, 5) is 12.3. The van der Waals surface area contributed by atoms with E-state index in [-0.39, 0.29) is 5.92 Å². The van der Waals surface area contributed by atoms with Crippen molar-refractivity contribution < 1.29 is 4.79 Å². The fraction of sp³-hybridized carbons (Fsp3) is 0.263. The molecule has 0 bridgehead atoms. The quantitative estimate of drug-likeness (QED) is 0.825. The number of hydrogen-bond acceptors (Lipinski definition) is 2. The first kappa shape index (κ1) is 13.6. The number of Topliss-reactive ketones (excluding diaryl/α,β-unsaturated/α-hetero) is 1. The molecule has 0 radical (unpaired) electrons. The van der Waals surface area contributed by atoms with Gasteiger partial charge >= 0.3 is 0 Å². The van der Waals surface area contributed by atoms with Gasteiger partial charge in [-0.05, 0) is 42.0 Å². The van der Waals surface area contributed by atoms with Crippen LogP contribution in [0.2, 0.25) is 0 Å². The summed E-state index contributed by atoms with van der Waals surface area (Å²) >= 11 is 0. The van der Waals surface area contributed by atoms with Crippen molar-refractivity contribution in [2.24, 2.45) is 0 Å². The predicted molar refractivity (Wildman–Crippen MR) is 81.9 cm³/mol. The molecule has 0 amide bonds. The molecule has 104 valence electrons. The first-order chi connectivity index (χ1) is 10.3. The first-order valence-corrected chi connectivity index (χ1v) is 7.35. The Morgan fingerprint density at radius 2 is 1.67 bits per heavy atom. The van der Waals surface area contributed by atoms with Crippen LogP contribution in [0.25, 0.3) is 0 Å². The van der Waals surface area contributed by atoms with E-state index in [2.05, 4.69) is 30.3 Å². The number of nitriles is 1. The van der Waals surface area contributed by atoms with E-state index in [0.717, 1.165) is 18.4 Å². The highest BCUT2D eigenvalue weighted by Crippen LogP contribution is 2.39. The van der Waals surface area contributed by atoms with E-state index in [1.165, 1.54) is 5.56 Å². The molecule has 2 heteroatoms. The monoisotopic (exact) mass is 275 g/mol. The minimum atomic E-state index is -0.0308. The molecule has 0 unspecified atom stereocenters. The van der Waals surface area contributed by atoms with Gasteiger partial charge in [-0.2, -0.15) is 5.26 Å². The molecule has 2 atom stereocenters. The number of carbonyl (C=O) groups is 1. The lowest BCUT2D eigenvalue weighted by molar-refractivity contribution is -0.122. The Morgan fingerprint density at radius 3 is 2.33 bits per heavy atom. The molecule has 0 heterocycles. The molecule has 2 aromatic carbocycles. The summed E-state index contributed by atoms with van der Waals surface area (Å²) in [5, 5.41) is 8.86. The Kier molecular flexibility index (Phi) is 3.83. The van der Waals surface area contributed by atoms with Crippen molar-refractivity contribution in [1.29, 1.82) is 5.26 Å². The average Bonchev–Trinajstić information content (AvgIpc) is 2.56.